The van der Waals surface area contributed by atoms with Crippen LogP contribution in [-0.4, -0.2) is 18.0 Å². The monoisotopic (exact) mass is 210 g/mol. The van der Waals surface area contributed by atoms with Crippen molar-refractivity contribution in [3.63, 3.8) is 0 Å². The van der Waals surface area contributed by atoms with Crippen LogP contribution in [0.5, 0.6) is 0 Å². The highest BCUT2D eigenvalue weighted by molar-refractivity contribution is 5.76. The molecular weight excluding hydrogens is 188 g/mol. The second kappa shape index (κ2) is 4.52. The minimum Gasteiger partial charge on any atom is -0.353 e. The lowest BCUT2D eigenvalue weighted by Crippen LogP contribution is -2.33. The first-order chi connectivity index (χ1) is 7.19. The molecule has 3 nitrogen and oxygen atoms in total. The predicted octanol–water partition coefficient (Wildman–Crippen LogP) is 1.42. The number of hydrogen-bond donors (Lipinski definition) is 2. The maximum Gasteiger partial charge on any atom is 0.220 e. The van der Waals surface area contributed by atoms with Gasteiger partial charge in [-0.05, 0) is 43.9 Å². The predicted molar refractivity (Wildman–Crippen MR) is 60.3 cm³/mol. The van der Waals surface area contributed by atoms with Crippen molar-refractivity contribution in [1.29, 1.82) is 0 Å². The maximum absolute atomic E-state index is 11.4. The first-order valence-corrected chi connectivity index (χ1v) is 6.24. The van der Waals surface area contributed by atoms with Crippen molar-refractivity contribution < 1.29 is 4.79 Å². The largest absolute Gasteiger partial charge is 0.353 e. The van der Waals surface area contributed by atoms with E-state index in [0.29, 0.717) is 18.5 Å². The van der Waals surface area contributed by atoms with Gasteiger partial charge < -0.3 is 11.1 Å². The molecule has 0 aliphatic heterocycles. The van der Waals surface area contributed by atoms with Crippen molar-refractivity contribution in [2.24, 2.45) is 17.6 Å². The van der Waals surface area contributed by atoms with Gasteiger partial charge in [-0.1, -0.05) is 6.92 Å². The normalized spacial score (nSPS) is 39.1. The molecule has 0 saturated heterocycles. The van der Waals surface area contributed by atoms with Crippen molar-refractivity contribution in [3.8, 4) is 0 Å². The number of amides is 1. The lowest BCUT2D eigenvalue weighted by molar-refractivity contribution is -0.121. The van der Waals surface area contributed by atoms with Gasteiger partial charge in [-0.2, -0.15) is 0 Å². The number of carbonyl (C=O) groups is 1. The molecule has 0 spiro atoms. The van der Waals surface area contributed by atoms with Crippen molar-refractivity contribution in [1.82, 2.24) is 5.32 Å². The van der Waals surface area contributed by atoms with E-state index in [1.807, 2.05) is 6.92 Å². The van der Waals surface area contributed by atoms with E-state index in [-0.39, 0.29) is 5.91 Å². The van der Waals surface area contributed by atoms with Crippen LogP contribution in [0.25, 0.3) is 0 Å². The molecule has 1 amide bonds. The van der Waals surface area contributed by atoms with Crippen LogP contribution in [0, 0.1) is 11.8 Å². The van der Waals surface area contributed by atoms with Gasteiger partial charge in [-0.25, -0.2) is 0 Å². The van der Waals surface area contributed by atoms with Crippen molar-refractivity contribution in [3.05, 3.63) is 0 Å². The average Bonchev–Trinajstić information content (AvgIpc) is 2.60. The molecule has 0 aromatic carbocycles. The molecule has 0 aromatic heterocycles. The van der Waals surface area contributed by atoms with Crippen molar-refractivity contribution in [2.75, 3.05) is 0 Å². The molecular formula is C12H22N2O. The number of fused-ring (bicyclic) bond motifs is 1. The zero-order valence-corrected chi connectivity index (χ0v) is 9.54. The molecule has 3 N–H and O–H groups in total. The fourth-order valence-electron chi connectivity index (χ4n) is 3.31. The van der Waals surface area contributed by atoms with Gasteiger partial charge in [0.2, 0.25) is 5.91 Å². The number of hydrogen-bond acceptors (Lipinski definition) is 2. The van der Waals surface area contributed by atoms with Crippen LogP contribution in [0.1, 0.15) is 45.4 Å². The van der Waals surface area contributed by atoms with E-state index in [4.69, 9.17) is 5.73 Å². The van der Waals surface area contributed by atoms with E-state index in [2.05, 4.69) is 5.32 Å². The van der Waals surface area contributed by atoms with Gasteiger partial charge in [-0.3, -0.25) is 4.79 Å². The summed E-state index contributed by atoms with van der Waals surface area (Å²) < 4.78 is 0. The summed E-state index contributed by atoms with van der Waals surface area (Å²) in [6.07, 6.45) is 6.28. The third kappa shape index (κ3) is 2.51. The van der Waals surface area contributed by atoms with Gasteiger partial charge in [0.15, 0.2) is 0 Å². The molecule has 2 aliphatic carbocycles. The molecule has 2 fully saturated rings. The molecule has 0 aromatic rings. The van der Waals surface area contributed by atoms with Crippen LogP contribution in [0.15, 0.2) is 0 Å². The molecule has 2 saturated carbocycles. The Morgan fingerprint density at radius 1 is 1.27 bits per heavy atom. The Labute approximate surface area is 91.8 Å². The molecule has 0 bridgehead atoms. The fourth-order valence-corrected chi connectivity index (χ4v) is 3.31. The first-order valence-electron chi connectivity index (χ1n) is 6.24. The molecule has 0 heterocycles. The summed E-state index contributed by atoms with van der Waals surface area (Å²) in [5, 5.41) is 3.14. The molecule has 86 valence electrons. The SMILES string of the molecule is CCCC(=O)NC1CC2CC(N)CC2C1. The summed E-state index contributed by atoms with van der Waals surface area (Å²) in [4.78, 5) is 11.4. The highest BCUT2D eigenvalue weighted by Crippen LogP contribution is 2.43. The van der Waals surface area contributed by atoms with Gasteiger partial charge in [0.25, 0.3) is 0 Å². The number of nitrogens with one attached hydrogen (secondary N) is 1. The van der Waals surface area contributed by atoms with Crippen LogP contribution in [0.2, 0.25) is 0 Å². The molecule has 2 rings (SSSR count). The Kier molecular flexibility index (Phi) is 3.29. The van der Waals surface area contributed by atoms with Gasteiger partial charge in [0, 0.05) is 18.5 Å². The lowest BCUT2D eigenvalue weighted by atomic mass is 10.0. The van der Waals surface area contributed by atoms with E-state index < -0.39 is 0 Å². The summed E-state index contributed by atoms with van der Waals surface area (Å²) in [5.74, 6) is 1.80. The Hall–Kier alpha value is -0.570. The van der Waals surface area contributed by atoms with Crippen LogP contribution in [0.4, 0.5) is 0 Å². The number of nitrogens with two attached hydrogens (primary N) is 1. The summed E-state index contributed by atoms with van der Waals surface area (Å²) in [7, 11) is 0. The Bertz CT molecular complexity index is 228. The number of carbonyl (C=O) groups excluding carboxylic acids is 1. The standard InChI is InChI=1S/C12H22N2O/c1-2-3-12(15)14-11-6-8-4-10(13)5-9(8)7-11/h8-11H,2-7,13H2,1H3,(H,14,15). The van der Waals surface area contributed by atoms with Crippen molar-refractivity contribution in [2.45, 2.75) is 57.5 Å². The third-order valence-electron chi connectivity index (χ3n) is 3.89. The molecule has 2 aliphatic rings. The fraction of sp³-hybridized carbons (Fsp3) is 0.917. The zero-order chi connectivity index (χ0) is 10.8. The Balaban J connectivity index is 1.77. The first kappa shape index (κ1) is 10.9. The summed E-state index contributed by atoms with van der Waals surface area (Å²) in [6.45, 7) is 2.04. The highest BCUT2D eigenvalue weighted by Gasteiger charge is 2.40. The van der Waals surface area contributed by atoms with E-state index in [1.165, 1.54) is 12.8 Å². The Morgan fingerprint density at radius 2 is 1.87 bits per heavy atom. The second-order valence-corrected chi connectivity index (χ2v) is 5.24. The zero-order valence-electron chi connectivity index (χ0n) is 9.54. The van der Waals surface area contributed by atoms with E-state index in [9.17, 15) is 4.79 Å². The number of rotatable bonds is 3. The molecule has 15 heavy (non-hydrogen) atoms. The summed E-state index contributed by atoms with van der Waals surface area (Å²) in [5.41, 5.74) is 5.93. The third-order valence-corrected chi connectivity index (χ3v) is 3.89. The van der Waals surface area contributed by atoms with E-state index in [0.717, 1.165) is 31.1 Å². The smallest absolute Gasteiger partial charge is 0.220 e. The topological polar surface area (TPSA) is 55.1 Å². The van der Waals surface area contributed by atoms with Gasteiger partial charge >= 0.3 is 0 Å². The van der Waals surface area contributed by atoms with Crippen LogP contribution >= 0.6 is 0 Å². The van der Waals surface area contributed by atoms with E-state index in [1.54, 1.807) is 0 Å². The molecule has 2 atom stereocenters. The molecule has 0 radical (unpaired) electrons. The highest BCUT2D eigenvalue weighted by atomic mass is 16.1. The van der Waals surface area contributed by atoms with Crippen LogP contribution < -0.4 is 11.1 Å². The Morgan fingerprint density at radius 3 is 2.40 bits per heavy atom. The van der Waals surface area contributed by atoms with Crippen LogP contribution in [0.3, 0.4) is 0 Å². The van der Waals surface area contributed by atoms with Gasteiger partial charge in [0.1, 0.15) is 0 Å². The van der Waals surface area contributed by atoms with Crippen molar-refractivity contribution >= 4 is 5.91 Å². The van der Waals surface area contributed by atoms with Gasteiger partial charge in [0.05, 0.1) is 0 Å². The minimum atomic E-state index is 0.228. The molecule has 3 heteroatoms. The lowest BCUT2D eigenvalue weighted by Gasteiger charge is -2.14. The minimum absolute atomic E-state index is 0.228. The van der Waals surface area contributed by atoms with Crippen LogP contribution in [-0.2, 0) is 4.79 Å². The maximum atomic E-state index is 11.4. The van der Waals surface area contributed by atoms with Gasteiger partial charge in [-0.15, -0.1) is 0 Å². The molecule has 2 unspecified atom stereocenters. The quantitative estimate of drug-likeness (QED) is 0.740. The van der Waals surface area contributed by atoms with E-state index >= 15 is 0 Å². The average molecular weight is 210 g/mol. The second-order valence-electron chi connectivity index (χ2n) is 5.24. The summed E-state index contributed by atoms with van der Waals surface area (Å²) >= 11 is 0. The summed E-state index contributed by atoms with van der Waals surface area (Å²) in [6, 6.07) is 0.860.